The predicted molar refractivity (Wildman–Crippen MR) is 123 cm³/mol. The fourth-order valence-electron chi connectivity index (χ4n) is 4.84. The minimum absolute atomic E-state index is 0.182. The number of hydrogen-bond acceptors (Lipinski definition) is 7. The largest absolute Gasteiger partial charge is 0.393 e. The maximum Gasteiger partial charge on any atom is 0.241 e. The topological polar surface area (TPSA) is 92.7 Å². The van der Waals surface area contributed by atoms with Crippen LogP contribution in [0.25, 0.3) is 16.6 Å². The number of likely N-dealkylation sites (N-methyl/N-ethyl adjacent to an activating group) is 1. The third kappa shape index (κ3) is 4.24. The quantitative estimate of drug-likeness (QED) is 0.584. The minimum Gasteiger partial charge on any atom is -0.393 e. The molecule has 0 radical (unpaired) electrons. The monoisotopic (exact) mass is 439 g/mol. The summed E-state index contributed by atoms with van der Waals surface area (Å²) in [6.45, 7) is 4.47. The maximum atomic E-state index is 10.0. The van der Waals surface area contributed by atoms with Crippen molar-refractivity contribution >= 4 is 11.5 Å². The first-order chi connectivity index (χ1) is 15.5. The number of ether oxygens (including phenoxy) is 1. The zero-order valence-corrected chi connectivity index (χ0v) is 19.1. The van der Waals surface area contributed by atoms with E-state index >= 15 is 0 Å². The number of aliphatic hydroxyl groups excluding tert-OH is 1. The SMILES string of the molecule is C[C@H](CN(C)C)Nc1ncc2c(-c3cnn(C4COC4)c3)cc([C@H]3CC[C@H](O)CC3)n2n1. The Balaban J connectivity index is 1.51. The van der Waals surface area contributed by atoms with Crippen molar-refractivity contribution in [2.75, 3.05) is 39.2 Å². The van der Waals surface area contributed by atoms with Crippen molar-refractivity contribution in [1.82, 2.24) is 29.3 Å². The number of nitrogens with one attached hydrogen (secondary N) is 1. The van der Waals surface area contributed by atoms with Crippen molar-refractivity contribution < 1.29 is 9.84 Å². The van der Waals surface area contributed by atoms with Crippen LogP contribution in [-0.4, -0.2) is 80.4 Å². The lowest BCUT2D eigenvalue weighted by molar-refractivity contribution is -0.0286. The number of fused-ring (bicyclic) bond motifs is 1. The molecule has 4 heterocycles. The fraction of sp³-hybridized carbons (Fsp3) is 0.609. The van der Waals surface area contributed by atoms with Gasteiger partial charge in [0.15, 0.2) is 0 Å². The lowest BCUT2D eigenvalue weighted by atomic mass is 9.85. The molecule has 2 aliphatic rings. The molecule has 1 saturated heterocycles. The van der Waals surface area contributed by atoms with Gasteiger partial charge in [0, 0.05) is 41.5 Å². The van der Waals surface area contributed by atoms with Crippen molar-refractivity contribution in [3.05, 3.63) is 30.4 Å². The molecule has 0 amide bonds. The highest BCUT2D eigenvalue weighted by molar-refractivity contribution is 5.81. The Kier molecular flexibility index (Phi) is 5.88. The van der Waals surface area contributed by atoms with Crippen LogP contribution in [0.1, 0.15) is 50.3 Å². The second-order valence-electron chi connectivity index (χ2n) is 9.58. The van der Waals surface area contributed by atoms with Crippen molar-refractivity contribution in [2.45, 2.75) is 56.7 Å². The van der Waals surface area contributed by atoms with Crippen LogP contribution in [0.3, 0.4) is 0 Å². The van der Waals surface area contributed by atoms with E-state index in [2.05, 4.69) is 58.1 Å². The molecule has 172 valence electrons. The molecule has 32 heavy (non-hydrogen) atoms. The third-order valence-corrected chi connectivity index (χ3v) is 6.58. The van der Waals surface area contributed by atoms with E-state index in [9.17, 15) is 5.11 Å². The van der Waals surface area contributed by atoms with E-state index in [0.29, 0.717) is 17.9 Å². The second-order valence-corrected chi connectivity index (χ2v) is 9.58. The number of hydrogen-bond donors (Lipinski definition) is 2. The molecule has 5 rings (SSSR count). The van der Waals surface area contributed by atoms with Crippen LogP contribution in [0.5, 0.6) is 0 Å². The van der Waals surface area contributed by atoms with Crippen LogP contribution in [-0.2, 0) is 4.74 Å². The number of rotatable bonds is 7. The summed E-state index contributed by atoms with van der Waals surface area (Å²) in [4.78, 5) is 6.78. The van der Waals surface area contributed by atoms with Crippen LogP contribution in [0.4, 0.5) is 5.95 Å². The zero-order valence-electron chi connectivity index (χ0n) is 19.1. The van der Waals surface area contributed by atoms with E-state index in [1.165, 1.54) is 5.69 Å². The third-order valence-electron chi connectivity index (χ3n) is 6.58. The average molecular weight is 440 g/mol. The molecule has 9 nitrogen and oxygen atoms in total. The van der Waals surface area contributed by atoms with Gasteiger partial charge in [-0.05, 0) is 52.8 Å². The van der Waals surface area contributed by atoms with Crippen molar-refractivity contribution in [3.63, 3.8) is 0 Å². The summed E-state index contributed by atoms with van der Waals surface area (Å²) in [6, 6.07) is 2.80. The van der Waals surface area contributed by atoms with Crippen LogP contribution >= 0.6 is 0 Å². The van der Waals surface area contributed by atoms with Gasteiger partial charge in [-0.2, -0.15) is 5.10 Å². The number of aromatic nitrogens is 5. The molecule has 2 N–H and O–H groups in total. The highest BCUT2D eigenvalue weighted by atomic mass is 16.5. The van der Waals surface area contributed by atoms with Gasteiger partial charge in [-0.1, -0.05) is 0 Å². The van der Waals surface area contributed by atoms with E-state index in [1.807, 2.05) is 17.1 Å². The predicted octanol–water partition coefficient (Wildman–Crippen LogP) is 2.54. The molecular formula is C23H33N7O2. The lowest BCUT2D eigenvalue weighted by Crippen LogP contribution is -2.30. The first kappa shape index (κ1) is 21.4. The van der Waals surface area contributed by atoms with Crippen LogP contribution < -0.4 is 5.32 Å². The molecular weight excluding hydrogens is 406 g/mol. The van der Waals surface area contributed by atoms with E-state index < -0.39 is 0 Å². The van der Waals surface area contributed by atoms with Gasteiger partial charge in [-0.3, -0.25) is 4.68 Å². The van der Waals surface area contributed by atoms with Gasteiger partial charge in [-0.15, -0.1) is 5.10 Å². The van der Waals surface area contributed by atoms with Gasteiger partial charge in [0.25, 0.3) is 0 Å². The molecule has 0 spiro atoms. The standard InChI is InChI=1S/C23H33N7O2/c1-15(11-28(2)3)26-23-24-10-22-20(17-9-25-29(12-17)18-13-32-14-18)8-21(30(22)27-23)16-4-6-19(31)7-5-16/h8-10,12,15-16,18-19,31H,4-7,11,13-14H2,1-3H3,(H,26,27)/t15-,16-,19-/m1/s1. The molecule has 1 atom stereocenters. The molecule has 2 fully saturated rings. The molecule has 0 unspecified atom stereocenters. The Bertz CT molecular complexity index is 1060. The number of anilines is 1. The molecule has 1 saturated carbocycles. The second kappa shape index (κ2) is 8.80. The summed E-state index contributed by atoms with van der Waals surface area (Å²) < 4.78 is 9.37. The smallest absolute Gasteiger partial charge is 0.241 e. The summed E-state index contributed by atoms with van der Waals surface area (Å²) in [6.07, 6.45) is 9.36. The van der Waals surface area contributed by atoms with Gasteiger partial charge < -0.3 is 20.1 Å². The highest BCUT2D eigenvalue weighted by Gasteiger charge is 2.27. The van der Waals surface area contributed by atoms with Gasteiger partial charge in [0.05, 0.1) is 43.3 Å². The fourth-order valence-corrected chi connectivity index (χ4v) is 4.84. The van der Waals surface area contributed by atoms with E-state index in [1.54, 1.807) is 0 Å². The van der Waals surface area contributed by atoms with E-state index in [-0.39, 0.29) is 12.1 Å². The van der Waals surface area contributed by atoms with Crippen LogP contribution in [0.15, 0.2) is 24.7 Å². The average Bonchev–Trinajstić information content (AvgIpc) is 3.31. The highest BCUT2D eigenvalue weighted by Crippen LogP contribution is 2.37. The first-order valence-corrected chi connectivity index (χ1v) is 11.6. The number of aliphatic hydroxyl groups is 1. The molecule has 1 aliphatic carbocycles. The van der Waals surface area contributed by atoms with E-state index in [4.69, 9.17) is 9.84 Å². The van der Waals surface area contributed by atoms with Gasteiger partial charge >= 0.3 is 0 Å². The van der Waals surface area contributed by atoms with Gasteiger partial charge in [0.2, 0.25) is 5.95 Å². The van der Waals surface area contributed by atoms with Gasteiger partial charge in [-0.25, -0.2) is 9.50 Å². The Hall–Kier alpha value is -2.49. The Morgan fingerprint density at radius 2 is 2.00 bits per heavy atom. The summed E-state index contributed by atoms with van der Waals surface area (Å²) >= 11 is 0. The Morgan fingerprint density at radius 1 is 1.22 bits per heavy atom. The molecule has 9 heteroatoms. The molecule has 0 aromatic carbocycles. The summed E-state index contributed by atoms with van der Waals surface area (Å²) in [5, 5.41) is 22.9. The molecule has 1 aliphatic heterocycles. The Morgan fingerprint density at radius 3 is 2.69 bits per heavy atom. The minimum atomic E-state index is -0.182. The number of nitrogens with zero attached hydrogens (tertiary/aromatic N) is 6. The Labute approximate surface area is 188 Å². The lowest BCUT2D eigenvalue weighted by Gasteiger charge is -2.25. The molecule has 3 aromatic heterocycles. The van der Waals surface area contributed by atoms with Crippen LogP contribution in [0.2, 0.25) is 0 Å². The van der Waals surface area contributed by atoms with E-state index in [0.717, 1.165) is 62.1 Å². The maximum absolute atomic E-state index is 10.0. The van der Waals surface area contributed by atoms with Crippen molar-refractivity contribution in [2.24, 2.45) is 0 Å². The molecule has 3 aromatic rings. The summed E-state index contributed by atoms with van der Waals surface area (Å²) in [5.74, 6) is 1.00. The first-order valence-electron chi connectivity index (χ1n) is 11.6. The summed E-state index contributed by atoms with van der Waals surface area (Å²) in [5.41, 5.74) is 4.35. The normalized spacial score (nSPS) is 22.9. The molecule has 0 bridgehead atoms. The van der Waals surface area contributed by atoms with Crippen LogP contribution in [0, 0.1) is 0 Å². The van der Waals surface area contributed by atoms with Gasteiger partial charge in [0.1, 0.15) is 0 Å². The van der Waals surface area contributed by atoms with Crippen molar-refractivity contribution in [3.8, 4) is 11.1 Å². The van der Waals surface area contributed by atoms with Crippen molar-refractivity contribution in [1.29, 1.82) is 0 Å². The zero-order chi connectivity index (χ0) is 22.2. The summed E-state index contributed by atoms with van der Waals surface area (Å²) in [7, 11) is 4.12.